The molecule has 3 unspecified atom stereocenters. The summed E-state index contributed by atoms with van der Waals surface area (Å²) in [7, 11) is -4.41. The van der Waals surface area contributed by atoms with E-state index in [2.05, 4.69) is 18.0 Å². The van der Waals surface area contributed by atoms with Crippen molar-refractivity contribution in [2.24, 2.45) is 5.92 Å². The monoisotopic (exact) mass is 366 g/mol. The second kappa shape index (κ2) is 12.2. The second-order valence-corrected chi connectivity index (χ2v) is 7.83. The topological polar surface area (TPSA) is 82.1 Å². The summed E-state index contributed by atoms with van der Waals surface area (Å²) in [5.41, 5.74) is 0. The fourth-order valence-electron chi connectivity index (χ4n) is 2.93. The number of rotatable bonds is 13. The number of hydrogen-bond donors (Lipinski definition) is 1. The summed E-state index contributed by atoms with van der Waals surface area (Å²) in [5.74, 6) is 0.263. The molecule has 0 saturated carbocycles. The molecule has 1 saturated heterocycles. The van der Waals surface area contributed by atoms with Gasteiger partial charge in [0.05, 0.1) is 19.3 Å². The lowest BCUT2D eigenvalue weighted by Crippen LogP contribution is -2.39. The Labute approximate surface area is 147 Å². The molecule has 1 heterocycles. The van der Waals surface area contributed by atoms with Crippen LogP contribution in [0.5, 0.6) is 0 Å². The van der Waals surface area contributed by atoms with Gasteiger partial charge in [-0.2, -0.15) is 8.42 Å². The molecule has 0 aliphatic carbocycles. The van der Waals surface area contributed by atoms with E-state index < -0.39 is 10.4 Å². The van der Waals surface area contributed by atoms with Gasteiger partial charge in [-0.25, -0.2) is 4.18 Å². The van der Waals surface area contributed by atoms with Gasteiger partial charge in [-0.3, -0.25) is 4.55 Å². The maximum atomic E-state index is 10.6. The first-order valence-electron chi connectivity index (χ1n) is 9.31. The largest absolute Gasteiger partial charge is 0.397 e. The van der Waals surface area contributed by atoms with Gasteiger partial charge < -0.3 is 9.47 Å². The second-order valence-electron chi connectivity index (χ2n) is 6.74. The molecule has 6 nitrogen and oxygen atoms in total. The average molecular weight is 367 g/mol. The Balaban J connectivity index is 2.12. The van der Waals surface area contributed by atoms with Crippen LogP contribution in [0.2, 0.25) is 0 Å². The number of hydrogen-bond acceptors (Lipinski definition) is 5. The van der Waals surface area contributed by atoms with Crippen LogP contribution >= 0.6 is 0 Å². The van der Waals surface area contributed by atoms with Crippen LogP contribution in [0.15, 0.2) is 0 Å². The van der Waals surface area contributed by atoms with Gasteiger partial charge in [0, 0.05) is 5.92 Å². The summed E-state index contributed by atoms with van der Waals surface area (Å²) < 4.78 is 45.6. The van der Waals surface area contributed by atoms with Crippen molar-refractivity contribution in [3.8, 4) is 0 Å². The van der Waals surface area contributed by atoms with Crippen molar-refractivity contribution in [2.45, 2.75) is 90.4 Å². The molecule has 0 radical (unpaired) electrons. The fraction of sp³-hybridized carbons (Fsp3) is 1.00. The van der Waals surface area contributed by atoms with Crippen molar-refractivity contribution < 1.29 is 26.6 Å². The van der Waals surface area contributed by atoms with Crippen molar-refractivity contribution in [3.05, 3.63) is 0 Å². The van der Waals surface area contributed by atoms with Crippen LogP contribution in [0.1, 0.15) is 78.1 Å². The summed E-state index contributed by atoms with van der Waals surface area (Å²) in [6.07, 6.45) is 11.2. The third-order valence-electron chi connectivity index (χ3n) is 4.43. The molecular formula is C17H34O6S. The normalized spacial score (nSPS) is 23.3. The highest BCUT2D eigenvalue weighted by Gasteiger charge is 2.28. The van der Waals surface area contributed by atoms with Crippen molar-refractivity contribution in [3.63, 3.8) is 0 Å². The summed E-state index contributed by atoms with van der Waals surface area (Å²) in [5, 5.41) is 0. The van der Waals surface area contributed by atoms with E-state index in [4.69, 9.17) is 14.0 Å². The van der Waals surface area contributed by atoms with E-state index in [0.717, 1.165) is 12.8 Å². The molecule has 0 aromatic carbocycles. The van der Waals surface area contributed by atoms with E-state index in [1.54, 1.807) is 0 Å². The molecule has 7 heteroatoms. The zero-order chi connectivity index (χ0) is 17.8. The van der Waals surface area contributed by atoms with E-state index >= 15 is 0 Å². The molecule has 0 aromatic rings. The van der Waals surface area contributed by atoms with Crippen molar-refractivity contribution in [1.29, 1.82) is 0 Å². The molecule has 0 bridgehead atoms. The smallest absolute Gasteiger partial charge is 0.352 e. The minimum absolute atomic E-state index is 0.164. The Morgan fingerprint density at radius 1 is 1.12 bits per heavy atom. The molecule has 0 amide bonds. The first-order valence-corrected chi connectivity index (χ1v) is 10.7. The zero-order valence-corrected chi connectivity index (χ0v) is 15.9. The van der Waals surface area contributed by atoms with E-state index in [-0.39, 0.29) is 24.9 Å². The quantitative estimate of drug-likeness (QED) is 0.390. The molecule has 3 atom stereocenters. The molecule has 144 valence electrons. The zero-order valence-electron chi connectivity index (χ0n) is 15.1. The van der Waals surface area contributed by atoms with Gasteiger partial charge in [0.1, 0.15) is 0 Å². The first-order chi connectivity index (χ1) is 11.4. The maximum Gasteiger partial charge on any atom is 0.397 e. The van der Waals surface area contributed by atoms with Crippen LogP contribution < -0.4 is 0 Å². The van der Waals surface area contributed by atoms with Crippen molar-refractivity contribution in [1.82, 2.24) is 0 Å². The average Bonchev–Trinajstić information content (AvgIpc) is 2.55. The summed E-state index contributed by atoms with van der Waals surface area (Å²) in [4.78, 5) is 0. The fourth-order valence-corrected chi connectivity index (χ4v) is 3.26. The van der Waals surface area contributed by atoms with Crippen LogP contribution in [-0.2, 0) is 24.1 Å². The Bertz CT molecular complexity index is 411. The van der Waals surface area contributed by atoms with E-state index in [1.807, 2.05) is 0 Å². The highest BCUT2D eigenvalue weighted by molar-refractivity contribution is 7.80. The van der Waals surface area contributed by atoms with Gasteiger partial charge in [0.15, 0.2) is 6.29 Å². The molecule has 1 rings (SSSR count). The molecule has 1 N–H and O–H groups in total. The van der Waals surface area contributed by atoms with Gasteiger partial charge in [-0.05, 0) is 12.8 Å². The van der Waals surface area contributed by atoms with Crippen molar-refractivity contribution in [2.75, 3.05) is 13.2 Å². The lowest BCUT2D eigenvalue weighted by atomic mass is 10.0. The third kappa shape index (κ3) is 10.6. The summed E-state index contributed by atoms with van der Waals surface area (Å²) in [6, 6.07) is 0. The van der Waals surface area contributed by atoms with E-state index in [1.165, 1.54) is 44.9 Å². The standard InChI is InChI=1S/C17H34O6S/c1-3-4-5-6-7-8-9-10-11-15(2)17-21-13-12-16(23-17)14-22-24(18,19)20/h15-17H,3-14H2,1-2H3,(H,18,19,20). The SMILES string of the molecule is CCCCCCCCCCC(C)C1OCCC(COS(=O)(=O)O)O1. The van der Waals surface area contributed by atoms with Crippen molar-refractivity contribution >= 4 is 10.4 Å². The van der Waals surface area contributed by atoms with Gasteiger partial charge >= 0.3 is 10.4 Å². The summed E-state index contributed by atoms with van der Waals surface area (Å²) >= 11 is 0. The lowest BCUT2D eigenvalue weighted by Gasteiger charge is -2.33. The van der Waals surface area contributed by atoms with E-state index in [9.17, 15) is 8.42 Å². The number of ether oxygens (including phenoxy) is 2. The summed E-state index contributed by atoms with van der Waals surface area (Å²) in [6.45, 7) is 4.68. The van der Waals surface area contributed by atoms with E-state index in [0.29, 0.717) is 13.0 Å². The minimum Gasteiger partial charge on any atom is -0.352 e. The van der Waals surface area contributed by atoms with Crippen LogP contribution in [0.4, 0.5) is 0 Å². The molecule has 24 heavy (non-hydrogen) atoms. The Morgan fingerprint density at radius 3 is 2.38 bits per heavy atom. The molecule has 1 fully saturated rings. The third-order valence-corrected chi connectivity index (χ3v) is 4.86. The molecule has 1 aliphatic heterocycles. The molecule has 1 aliphatic rings. The van der Waals surface area contributed by atoms with Gasteiger partial charge in [0.2, 0.25) is 0 Å². The Morgan fingerprint density at radius 2 is 1.75 bits per heavy atom. The first kappa shape index (κ1) is 21.8. The van der Waals surface area contributed by atoms with Crippen LogP contribution in [0.3, 0.4) is 0 Å². The Kier molecular flexibility index (Phi) is 11.1. The van der Waals surface area contributed by atoms with Crippen LogP contribution in [0.25, 0.3) is 0 Å². The molecule has 0 spiro atoms. The highest BCUT2D eigenvalue weighted by atomic mass is 32.3. The predicted molar refractivity (Wildman–Crippen MR) is 93.1 cm³/mol. The maximum absolute atomic E-state index is 10.6. The minimum atomic E-state index is -4.41. The van der Waals surface area contributed by atoms with Gasteiger partial charge in [-0.15, -0.1) is 0 Å². The highest BCUT2D eigenvalue weighted by Crippen LogP contribution is 2.23. The van der Waals surface area contributed by atoms with Gasteiger partial charge in [-0.1, -0.05) is 65.2 Å². The molecule has 0 aromatic heterocycles. The Hall–Kier alpha value is -0.210. The van der Waals surface area contributed by atoms with Crippen LogP contribution in [0, 0.1) is 5.92 Å². The van der Waals surface area contributed by atoms with Gasteiger partial charge in [0.25, 0.3) is 0 Å². The lowest BCUT2D eigenvalue weighted by molar-refractivity contribution is -0.238. The molecular weight excluding hydrogens is 332 g/mol. The number of unbranched alkanes of at least 4 members (excludes halogenated alkanes) is 7. The predicted octanol–water partition coefficient (Wildman–Crippen LogP) is 4.10. The van der Waals surface area contributed by atoms with Crippen LogP contribution in [-0.4, -0.2) is 38.6 Å².